The van der Waals surface area contributed by atoms with E-state index in [1.807, 2.05) is 0 Å². The monoisotopic (exact) mass is 240 g/mol. The molecule has 0 atom stereocenters. The number of carbonyl (C=O) groups excluding carboxylic acids is 2. The second kappa shape index (κ2) is 5.42. The van der Waals surface area contributed by atoms with Gasteiger partial charge in [0, 0.05) is 23.4 Å². The molecule has 0 radical (unpaired) electrons. The molecule has 0 aliphatic heterocycles. The standard InChI is InChI=1S/C11H9ClO4/c12-5-4-9(14)8-3-1-2-7(6-13)10(8)11(15)16/h1-3,6H,4-5H2,(H,15,16). The molecule has 0 aromatic heterocycles. The van der Waals surface area contributed by atoms with E-state index in [1.165, 1.54) is 18.2 Å². The Morgan fingerprint density at radius 2 is 2.06 bits per heavy atom. The largest absolute Gasteiger partial charge is 0.478 e. The number of ketones is 1. The van der Waals surface area contributed by atoms with Gasteiger partial charge in [0.05, 0.1) is 5.56 Å². The van der Waals surface area contributed by atoms with E-state index in [0.717, 1.165) is 0 Å². The summed E-state index contributed by atoms with van der Waals surface area (Å²) in [5.41, 5.74) is -0.238. The van der Waals surface area contributed by atoms with Gasteiger partial charge in [-0.1, -0.05) is 18.2 Å². The van der Waals surface area contributed by atoms with E-state index in [4.69, 9.17) is 16.7 Å². The predicted octanol–water partition coefficient (Wildman–Crippen LogP) is 2.01. The van der Waals surface area contributed by atoms with E-state index in [2.05, 4.69) is 0 Å². The maximum atomic E-state index is 11.6. The van der Waals surface area contributed by atoms with Crippen LogP contribution in [0.1, 0.15) is 37.5 Å². The molecule has 1 aromatic rings. The number of hydrogen-bond donors (Lipinski definition) is 1. The Balaban J connectivity index is 3.32. The van der Waals surface area contributed by atoms with Crippen molar-refractivity contribution in [3.63, 3.8) is 0 Å². The molecule has 0 bridgehead atoms. The highest BCUT2D eigenvalue weighted by Gasteiger charge is 2.19. The van der Waals surface area contributed by atoms with Gasteiger partial charge in [-0.05, 0) is 0 Å². The zero-order valence-electron chi connectivity index (χ0n) is 8.27. The van der Waals surface area contributed by atoms with E-state index in [-0.39, 0.29) is 34.8 Å². The SMILES string of the molecule is O=Cc1cccc(C(=O)CCCl)c1C(=O)O. The number of Topliss-reactive ketones (excluding diaryl/α,β-unsaturated/α-hetero) is 1. The van der Waals surface area contributed by atoms with Gasteiger partial charge in [-0.3, -0.25) is 9.59 Å². The Bertz CT molecular complexity index is 440. The smallest absolute Gasteiger partial charge is 0.337 e. The highest BCUT2D eigenvalue weighted by Crippen LogP contribution is 2.16. The number of aldehydes is 1. The van der Waals surface area contributed by atoms with Crippen LogP contribution in [0.4, 0.5) is 0 Å². The van der Waals surface area contributed by atoms with E-state index >= 15 is 0 Å². The molecule has 1 aromatic carbocycles. The summed E-state index contributed by atoms with van der Waals surface area (Å²) >= 11 is 5.41. The van der Waals surface area contributed by atoms with E-state index in [1.54, 1.807) is 0 Å². The number of carboxylic acids is 1. The third kappa shape index (κ3) is 2.46. The number of rotatable bonds is 5. The maximum absolute atomic E-state index is 11.6. The van der Waals surface area contributed by atoms with E-state index < -0.39 is 5.97 Å². The van der Waals surface area contributed by atoms with Crippen LogP contribution in [0.25, 0.3) is 0 Å². The fraction of sp³-hybridized carbons (Fsp3) is 0.182. The van der Waals surface area contributed by atoms with Crippen LogP contribution in [0, 0.1) is 0 Å². The fourth-order valence-electron chi connectivity index (χ4n) is 1.36. The lowest BCUT2D eigenvalue weighted by Crippen LogP contribution is -2.12. The third-order valence-corrected chi connectivity index (χ3v) is 2.25. The molecule has 84 valence electrons. The minimum atomic E-state index is -1.29. The molecule has 1 N–H and O–H groups in total. The summed E-state index contributed by atoms with van der Waals surface area (Å²) in [5.74, 6) is -1.56. The third-order valence-electron chi connectivity index (χ3n) is 2.06. The van der Waals surface area contributed by atoms with Crippen molar-refractivity contribution < 1.29 is 19.5 Å². The van der Waals surface area contributed by atoms with Crippen LogP contribution in [0.15, 0.2) is 18.2 Å². The molecular formula is C11H9ClO4. The summed E-state index contributed by atoms with van der Waals surface area (Å²) in [6, 6.07) is 4.21. The normalized spacial score (nSPS) is 9.81. The van der Waals surface area contributed by atoms with Gasteiger partial charge < -0.3 is 5.11 Å². The number of aromatic carboxylic acids is 1. The van der Waals surface area contributed by atoms with Crippen LogP contribution in [0.5, 0.6) is 0 Å². The molecular weight excluding hydrogens is 232 g/mol. The van der Waals surface area contributed by atoms with Gasteiger partial charge in [0.15, 0.2) is 12.1 Å². The second-order valence-electron chi connectivity index (χ2n) is 3.05. The lowest BCUT2D eigenvalue weighted by Gasteiger charge is -2.06. The molecule has 0 saturated carbocycles. The van der Waals surface area contributed by atoms with Crippen molar-refractivity contribution >= 4 is 29.6 Å². The average molecular weight is 241 g/mol. The second-order valence-corrected chi connectivity index (χ2v) is 3.43. The van der Waals surface area contributed by atoms with Gasteiger partial charge in [0.25, 0.3) is 0 Å². The average Bonchev–Trinajstić information content (AvgIpc) is 2.28. The molecule has 0 spiro atoms. The first kappa shape index (κ1) is 12.4. The molecule has 16 heavy (non-hydrogen) atoms. The molecule has 5 heteroatoms. The molecule has 0 saturated heterocycles. The minimum absolute atomic E-state index is 0.00655. The predicted molar refractivity (Wildman–Crippen MR) is 58.5 cm³/mol. The van der Waals surface area contributed by atoms with Crippen molar-refractivity contribution in [3.8, 4) is 0 Å². The van der Waals surface area contributed by atoms with Crippen molar-refractivity contribution in [1.29, 1.82) is 0 Å². The summed E-state index contributed by atoms with van der Waals surface area (Å²) in [7, 11) is 0. The van der Waals surface area contributed by atoms with Crippen LogP contribution in [0.2, 0.25) is 0 Å². The molecule has 0 aliphatic carbocycles. The Kier molecular flexibility index (Phi) is 4.19. The van der Waals surface area contributed by atoms with Crippen molar-refractivity contribution in [3.05, 3.63) is 34.9 Å². The van der Waals surface area contributed by atoms with Gasteiger partial charge in [0.1, 0.15) is 0 Å². The number of benzene rings is 1. The number of carbonyl (C=O) groups is 3. The molecule has 1 rings (SSSR count). The first-order valence-electron chi connectivity index (χ1n) is 4.52. The summed E-state index contributed by atoms with van der Waals surface area (Å²) in [4.78, 5) is 33.2. The van der Waals surface area contributed by atoms with Crippen LogP contribution < -0.4 is 0 Å². The van der Waals surface area contributed by atoms with Gasteiger partial charge in [-0.2, -0.15) is 0 Å². The van der Waals surface area contributed by atoms with Crippen molar-refractivity contribution in [2.45, 2.75) is 6.42 Å². The fourth-order valence-corrected chi connectivity index (χ4v) is 1.53. The molecule has 4 nitrogen and oxygen atoms in total. The Hall–Kier alpha value is -1.68. The molecule has 0 unspecified atom stereocenters. The number of alkyl halides is 1. The lowest BCUT2D eigenvalue weighted by atomic mass is 9.97. The summed E-state index contributed by atoms with van der Waals surface area (Å²) in [5, 5.41) is 8.95. The molecule has 0 heterocycles. The number of hydrogen-bond acceptors (Lipinski definition) is 3. The van der Waals surface area contributed by atoms with Crippen molar-refractivity contribution in [2.75, 3.05) is 5.88 Å². The number of carboxylic acid groups (broad SMARTS) is 1. The van der Waals surface area contributed by atoms with Gasteiger partial charge in [-0.25, -0.2) is 4.79 Å². The van der Waals surface area contributed by atoms with Crippen molar-refractivity contribution in [1.82, 2.24) is 0 Å². The highest BCUT2D eigenvalue weighted by molar-refractivity contribution is 6.20. The molecule has 0 amide bonds. The van der Waals surface area contributed by atoms with Gasteiger partial charge >= 0.3 is 5.97 Å². The summed E-state index contributed by atoms with van der Waals surface area (Å²) in [6.45, 7) is 0. The van der Waals surface area contributed by atoms with E-state index in [0.29, 0.717) is 6.29 Å². The summed E-state index contributed by atoms with van der Waals surface area (Å²) in [6.07, 6.45) is 0.463. The zero-order chi connectivity index (χ0) is 12.1. The van der Waals surface area contributed by atoms with Crippen LogP contribution >= 0.6 is 11.6 Å². The first-order valence-corrected chi connectivity index (χ1v) is 5.06. The first-order chi connectivity index (χ1) is 7.61. The minimum Gasteiger partial charge on any atom is -0.478 e. The zero-order valence-corrected chi connectivity index (χ0v) is 9.03. The quantitative estimate of drug-likeness (QED) is 0.485. The van der Waals surface area contributed by atoms with Crippen molar-refractivity contribution in [2.24, 2.45) is 0 Å². The van der Waals surface area contributed by atoms with Gasteiger partial charge in [0.2, 0.25) is 0 Å². The Morgan fingerprint density at radius 1 is 1.38 bits per heavy atom. The molecule has 0 aliphatic rings. The lowest BCUT2D eigenvalue weighted by molar-refractivity contribution is 0.0689. The highest BCUT2D eigenvalue weighted by atomic mass is 35.5. The van der Waals surface area contributed by atoms with E-state index in [9.17, 15) is 14.4 Å². The summed E-state index contributed by atoms with van der Waals surface area (Å²) < 4.78 is 0. The Morgan fingerprint density at radius 3 is 2.56 bits per heavy atom. The van der Waals surface area contributed by atoms with Crippen LogP contribution in [-0.2, 0) is 0 Å². The van der Waals surface area contributed by atoms with Gasteiger partial charge in [-0.15, -0.1) is 11.6 Å². The maximum Gasteiger partial charge on any atom is 0.337 e. The topological polar surface area (TPSA) is 71.4 Å². The molecule has 0 fully saturated rings. The number of halogens is 1. The van der Waals surface area contributed by atoms with Crippen LogP contribution in [0.3, 0.4) is 0 Å². The van der Waals surface area contributed by atoms with Crippen LogP contribution in [-0.4, -0.2) is 29.0 Å². The Labute approximate surface area is 96.8 Å².